The maximum atomic E-state index is 10.5. The molecule has 1 N–H and O–H groups in total. The predicted molar refractivity (Wildman–Crippen MR) is 84.2 cm³/mol. The van der Waals surface area contributed by atoms with Crippen LogP contribution in [0.25, 0.3) is 21.7 Å². The van der Waals surface area contributed by atoms with Crippen molar-refractivity contribution in [1.82, 2.24) is 0 Å². The average Bonchev–Trinajstić information content (AvgIpc) is 2.99. The summed E-state index contributed by atoms with van der Waals surface area (Å²) in [6.07, 6.45) is -0.739. The van der Waals surface area contributed by atoms with Gasteiger partial charge in [0.25, 0.3) is 0 Å². The molecule has 0 aliphatic heterocycles. The van der Waals surface area contributed by atoms with Gasteiger partial charge in [0.05, 0.1) is 0 Å². The third kappa shape index (κ3) is 2.01. The molecule has 3 aromatic carbocycles. The van der Waals surface area contributed by atoms with Gasteiger partial charge in [-0.25, -0.2) is 0 Å². The molecule has 102 valence electrons. The van der Waals surface area contributed by atoms with Crippen molar-refractivity contribution in [1.29, 1.82) is 0 Å². The SMILES string of the molecule is O[C@H](c1ccccc1)c1cc2c(ccc3ccccc32)o1. The van der Waals surface area contributed by atoms with Crippen molar-refractivity contribution in [3.63, 3.8) is 0 Å². The minimum absolute atomic E-state index is 0.576. The van der Waals surface area contributed by atoms with Crippen LogP contribution in [0, 0.1) is 0 Å². The van der Waals surface area contributed by atoms with E-state index in [1.54, 1.807) is 0 Å². The largest absolute Gasteiger partial charge is 0.458 e. The highest BCUT2D eigenvalue weighted by Crippen LogP contribution is 2.32. The highest BCUT2D eigenvalue weighted by atomic mass is 16.4. The maximum absolute atomic E-state index is 10.5. The molecule has 0 fully saturated rings. The Balaban J connectivity index is 1.89. The van der Waals surface area contributed by atoms with E-state index >= 15 is 0 Å². The first-order valence-corrected chi connectivity index (χ1v) is 6.97. The molecular weight excluding hydrogens is 260 g/mol. The Bertz CT molecular complexity index is 907. The summed E-state index contributed by atoms with van der Waals surface area (Å²) < 4.78 is 5.84. The van der Waals surface area contributed by atoms with Crippen LogP contribution in [-0.4, -0.2) is 5.11 Å². The van der Waals surface area contributed by atoms with Gasteiger partial charge in [-0.1, -0.05) is 60.7 Å². The van der Waals surface area contributed by atoms with E-state index in [-0.39, 0.29) is 0 Å². The van der Waals surface area contributed by atoms with Crippen molar-refractivity contribution in [3.8, 4) is 0 Å². The van der Waals surface area contributed by atoms with Crippen molar-refractivity contribution in [3.05, 3.63) is 84.1 Å². The van der Waals surface area contributed by atoms with Crippen LogP contribution in [0.1, 0.15) is 17.4 Å². The second-order valence-corrected chi connectivity index (χ2v) is 5.16. The van der Waals surface area contributed by atoms with Gasteiger partial charge in [-0.2, -0.15) is 0 Å². The first kappa shape index (κ1) is 12.2. The van der Waals surface area contributed by atoms with Crippen molar-refractivity contribution < 1.29 is 9.52 Å². The molecule has 0 saturated heterocycles. The highest BCUT2D eigenvalue weighted by molar-refractivity contribution is 6.05. The normalized spacial score (nSPS) is 12.8. The van der Waals surface area contributed by atoms with Crippen molar-refractivity contribution >= 4 is 21.7 Å². The van der Waals surface area contributed by atoms with Crippen LogP contribution in [0.4, 0.5) is 0 Å². The number of rotatable bonds is 2. The number of aliphatic hydroxyl groups excluding tert-OH is 1. The molecule has 0 unspecified atom stereocenters. The summed E-state index contributed by atoms with van der Waals surface area (Å²) in [5.41, 5.74) is 1.64. The summed E-state index contributed by atoms with van der Waals surface area (Å²) in [4.78, 5) is 0. The molecule has 0 amide bonds. The van der Waals surface area contributed by atoms with Crippen LogP contribution in [-0.2, 0) is 0 Å². The van der Waals surface area contributed by atoms with Gasteiger partial charge in [-0.05, 0) is 28.5 Å². The summed E-state index contributed by atoms with van der Waals surface area (Å²) in [6.45, 7) is 0. The van der Waals surface area contributed by atoms with E-state index in [1.165, 1.54) is 5.39 Å². The van der Waals surface area contributed by atoms with E-state index < -0.39 is 6.10 Å². The summed E-state index contributed by atoms with van der Waals surface area (Å²) >= 11 is 0. The first-order valence-electron chi connectivity index (χ1n) is 6.97. The summed E-state index contributed by atoms with van der Waals surface area (Å²) in [5.74, 6) is 0.576. The average molecular weight is 274 g/mol. The van der Waals surface area contributed by atoms with Gasteiger partial charge in [0.15, 0.2) is 0 Å². The van der Waals surface area contributed by atoms with E-state index in [9.17, 15) is 5.11 Å². The Morgan fingerprint density at radius 1 is 0.762 bits per heavy atom. The number of hydrogen-bond donors (Lipinski definition) is 1. The van der Waals surface area contributed by atoms with Gasteiger partial charge < -0.3 is 9.52 Å². The van der Waals surface area contributed by atoms with E-state index in [0.717, 1.165) is 21.9 Å². The third-order valence-corrected chi connectivity index (χ3v) is 3.83. The molecule has 0 aliphatic rings. The second kappa shape index (κ2) is 4.76. The Morgan fingerprint density at radius 3 is 2.38 bits per heavy atom. The number of furan rings is 1. The van der Waals surface area contributed by atoms with Gasteiger partial charge in [-0.15, -0.1) is 0 Å². The fourth-order valence-electron chi connectivity index (χ4n) is 2.75. The van der Waals surface area contributed by atoms with Crippen LogP contribution in [0.2, 0.25) is 0 Å². The zero-order valence-electron chi connectivity index (χ0n) is 11.4. The lowest BCUT2D eigenvalue weighted by molar-refractivity contribution is 0.192. The van der Waals surface area contributed by atoms with E-state index in [2.05, 4.69) is 12.1 Å². The van der Waals surface area contributed by atoms with Gasteiger partial charge in [0.1, 0.15) is 17.4 Å². The molecule has 4 aromatic rings. The molecule has 21 heavy (non-hydrogen) atoms. The highest BCUT2D eigenvalue weighted by Gasteiger charge is 2.16. The van der Waals surface area contributed by atoms with Gasteiger partial charge in [0, 0.05) is 5.39 Å². The minimum atomic E-state index is -0.739. The lowest BCUT2D eigenvalue weighted by Gasteiger charge is -2.06. The monoisotopic (exact) mass is 274 g/mol. The topological polar surface area (TPSA) is 33.4 Å². The smallest absolute Gasteiger partial charge is 0.138 e. The van der Waals surface area contributed by atoms with E-state index in [1.807, 2.05) is 60.7 Å². The molecule has 2 heteroatoms. The van der Waals surface area contributed by atoms with Crippen LogP contribution in [0.3, 0.4) is 0 Å². The van der Waals surface area contributed by atoms with E-state index in [4.69, 9.17) is 4.42 Å². The van der Waals surface area contributed by atoms with Gasteiger partial charge >= 0.3 is 0 Å². The third-order valence-electron chi connectivity index (χ3n) is 3.83. The molecule has 0 spiro atoms. The van der Waals surface area contributed by atoms with E-state index in [0.29, 0.717) is 5.76 Å². The summed E-state index contributed by atoms with van der Waals surface area (Å²) in [5, 5.41) is 13.8. The molecule has 0 saturated carbocycles. The standard InChI is InChI=1S/C19H14O2/c20-19(14-7-2-1-3-8-14)18-12-16-15-9-5-4-6-13(15)10-11-17(16)21-18/h1-12,19-20H/t19-/m1/s1. The Kier molecular flexibility index (Phi) is 2.76. The quantitative estimate of drug-likeness (QED) is 0.576. The predicted octanol–water partition coefficient (Wildman–Crippen LogP) is 4.67. The van der Waals surface area contributed by atoms with Gasteiger partial charge in [0.2, 0.25) is 0 Å². The summed E-state index contributed by atoms with van der Waals surface area (Å²) in [7, 11) is 0. The van der Waals surface area contributed by atoms with Crippen molar-refractivity contribution in [2.75, 3.05) is 0 Å². The van der Waals surface area contributed by atoms with Crippen molar-refractivity contribution in [2.24, 2.45) is 0 Å². The molecule has 1 heterocycles. The van der Waals surface area contributed by atoms with Crippen LogP contribution in [0.5, 0.6) is 0 Å². The molecule has 0 aliphatic carbocycles. The molecule has 1 atom stereocenters. The Hall–Kier alpha value is -2.58. The zero-order chi connectivity index (χ0) is 14.2. The fourth-order valence-corrected chi connectivity index (χ4v) is 2.75. The molecular formula is C19H14O2. The molecule has 4 rings (SSSR count). The number of aliphatic hydroxyl groups is 1. The number of hydrogen-bond acceptors (Lipinski definition) is 2. The Labute approximate surface area is 122 Å². The van der Waals surface area contributed by atoms with Crippen LogP contribution < -0.4 is 0 Å². The molecule has 2 nitrogen and oxygen atoms in total. The second-order valence-electron chi connectivity index (χ2n) is 5.16. The Morgan fingerprint density at radius 2 is 1.52 bits per heavy atom. The molecule has 0 bridgehead atoms. The van der Waals surface area contributed by atoms with Gasteiger partial charge in [-0.3, -0.25) is 0 Å². The lowest BCUT2D eigenvalue weighted by atomic mass is 10.0. The zero-order valence-corrected chi connectivity index (χ0v) is 11.4. The number of benzene rings is 3. The first-order chi connectivity index (χ1) is 10.3. The minimum Gasteiger partial charge on any atom is -0.458 e. The molecule has 1 aromatic heterocycles. The van der Waals surface area contributed by atoms with Crippen LogP contribution >= 0.6 is 0 Å². The summed E-state index contributed by atoms with van der Waals surface area (Å²) in [6, 6.07) is 23.7. The molecule has 0 radical (unpaired) electrons. The lowest BCUT2D eigenvalue weighted by Crippen LogP contribution is -1.96. The maximum Gasteiger partial charge on any atom is 0.138 e. The fraction of sp³-hybridized carbons (Fsp3) is 0.0526. The number of fused-ring (bicyclic) bond motifs is 3. The van der Waals surface area contributed by atoms with Crippen LogP contribution in [0.15, 0.2) is 77.2 Å². The van der Waals surface area contributed by atoms with Crippen molar-refractivity contribution in [2.45, 2.75) is 6.10 Å².